The van der Waals surface area contributed by atoms with Gasteiger partial charge in [-0.05, 0) is 76.6 Å². The van der Waals surface area contributed by atoms with Gasteiger partial charge in [0.15, 0.2) is 5.54 Å². The highest BCUT2D eigenvalue weighted by Crippen LogP contribution is 2.58. The number of para-hydroxylation sites is 2. The number of anilines is 4. The predicted octanol–water partition coefficient (Wildman–Crippen LogP) is 6.78. The summed E-state index contributed by atoms with van der Waals surface area (Å²) in [5.41, 5.74) is 4.09. The second kappa shape index (κ2) is 10.6. The molecule has 7 rings (SSSR count). The Morgan fingerprint density at radius 2 is 1.46 bits per heavy atom. The number of hydrogen-bond acceptors (Lipinski definition) is 6. The lowest BCUT2D eigenvalue weighted by molar-refractivity contribution is -0.151. The Kier molecular flexibility index (Phi) is 6.77. The van der Waals surface area contributed by atoms with Crippen molar-refractivity contribution in [3.63, 3.8) is 0 Å². The van der Waals surface area contributed by atoms with Crippen molar-refractivity contribution in [2.75, 3.05) is 20.9 Å². The number of fused-ring (bicyclic) bond motifs is 3. The quantitative estimate of drug-likeness (QED) is 0.215. The Balaban J connectivity index is 1.61. The zero-order valence-electron chi connectivity index (χ0n) is 26.5. The molecule has 0 saturated carbocycles. The summed E-state index contributed by atoms with van der Waals surface area (Å²) in [6.07, 6.45) is 0. The first kappa shape index (κ1) is 29.3. The molecule has 0 unspecified atom stereocenters. The molecule has 0 radical (unpaired) electrons. The SMILES string of the molecule is Cc1ccc2c(c1)[C@@H]([C@H]1C(Nc3ccccc3)=C(C(=O)OC(C)(C)C)[C@]3(C(=O)Nc4ccc(C)cc43)N1c1ccccc1)C(=O)N2. The molecule has 0 saturated heterocycles. The number of carbonyl (C=O) groups excluding carboxylic acids is 3. The van der Waals surface area contributed by atoms with Crippen molar-refractivity contribution in [1.29, 1.82) is 0 Å². The zero-order chi connectivity index (χ0) is 32.4. The topological polar surface area (TPSA) is 99.8 Å². The molecular weight excluding hydrogens is 576 g/mol. The molecule has 0 fully saturated rings. The lowest BCUT2D eigenvalue weighted by Crippen LogP contribution is -2.55. The van der Waals surface area contributed by atoms with Crippen LogP contribution < -0.4 is 20.9 Å². The van der Waals surface area contributed by atoms with Crippen molar-refractivity contribution in [1.82, 2.24) is 0 Å². The van der Waals surface area contributed by atoms with E-state index in [2.05, 4.69) is 16.0 Å². The van der Waals surface area contributed by atoms with Gasteiger partial charge in [-0.25, -0.2) is 4.79 Å². The second-order valence-corrected chi connectivity index (χ2v) is 13.2. The number of benzene rings is 4. The molecular formula is C38H36N4O4. The van der Waals surface area contributed by atoms with Gasteiger partial charge in [-0.3, -0.25) is 9.59 Å². The van der Waals surface area contributed by atoms with E-state index in [1.54, 1.807) is 20.8 Å². The van der Waals surface area contributed by atoms with E-state index in [1.807, 2.05) is 116 Å². The van der Waals surface area contributed by atoms with E-state index in [-0.39, 0.29) is 11.5 Å². The molecule has 8 nitrogen and oxygen atoms in total. The van der Waals surface area contributed by atoms with Crippen molar-refractivity contribution >= 4 is 40.5 Å². The molecule has 1 spiro atoms. The van der Waals surface area contributed by atoms with Crippen LogP contribution in [0.15, 0.2) is 108 Å². The van der Waals surface area contributed by atoms with Crippen LogP contribution in [-0.2, 0) is 24.7 Å². The Labute approximate surface area is 268 Å². The van der Waals surface area contributed by atoms with Gasteiger partial charge in [0.05, 0.1) is 23.2 Å². The molecule has 46 heavy (non-hydrogen) atoms. The molecule has 3 aliphatic rings. The lowest BCUT2D eigenvalue weighted by Gasteiger charge is -2.42. The summed E-state index contributed by atoms with van der Waals surface area (Å²) in [5.74, 6) is -2.03. The number of aryl methyl sites for hydroxylation is 2. The standard InChI is InChI=1S/C38H36N4O4/c1-22-16-18-28-26(20-22)30(34(43)40-28)33-32(39-24-12-8-6-9-13-24)31(35(44)46-37(3,4)5)38(42(33)25-14-10-7-11-15-25)27-21-23(2)17-19-29(27)41-36(38)45/h6-21,30,33,39H,1-5H3,(H,40,43)(H,41,45)/t30-,33-,38+/m0/s1. The van der Waals surface area contributed by atoms with Crippen molar-refractivity contribution in [3.8, 4) is 0 Å². The number of carbonyl (C=O) groups is 3. The van der Waals surface area contributed by atoms with E-state index in [0.29, 0.717) is 34.0 Å². The van der Waals surface area contributed by atoms with Gasteiger partial charge < -0.3 is 25.6 Å². The average Bonchev–Trinajstić information content (AvgIpc) is 3.59. The van der Waals surface area contributed by atoms with E-state index in [4.69, 9.17) is 4.74 Å². The number of hydrogen-bond donors (Lipinski definition) is 3. The van der Waals surface area contributed by atoms with Gasteiger partial charge in [0, 0.05) is 28.3 Å². The average molecular weight is 613 g/mol. The fourth-order valence-electron chi connectivity index (χ4n) is 7.07. The molecule has 8 heteroatoms. The maximum atomic E-state index is 14.8. The van der Waals surface area contributed by atoms with Crippen molar-refractivity contribution in [3.05, 3.63) is 131 Å². The molecule has 4 aromatic carbocycles. The zero-order valence-corrected chi connectivity index (χ0v) is 26.5. The molecule has 232 valence electrons. The molecule has 3 atom stereocenters. The van der Waals surface area contributed by atoms with Crippen molar-refractivity contribution in [2.24, 2.45) is 0 Å². The first-order valence-corrected chi connectivity index (χ1v) is 15.5. The Hall–Kier alpha value is -5.37. The van der Waals surface area contributed by atoms with Crippen LogP contribution >= 0.6 is 0 Å². The summed E-state index contributed by atoms with van der Waals surface area (Å²) in [6.45, 7) is 9.36. The van der Waals surface area contributed by atoms with Gasteiger partial charge in [0.25, 0.3) is 5.91 Å². The van der Waals surface area contributed by atoms with Crippen LogP contribution in [0, 0.1) is 13.8 Å². The van der Waals surface area contributed by atoms with Gasteiger partial charge in [-0.1, -0.05) is 71.8 Å². The number of rotatable bonds is 5. The first-order chi connectivity index (χ1) is 22.0. The molecule has 3 aliphatic heterocycles. The minimum absolute atomic E-state index is 0.149. The summed E-state index contributed by atoms with van der Waals surface area (Å²) in [4.78, 5) is 45.7. The van der Waals surface area contributed by atoms with Crippen LogP contribution in [0.3, 0.4) is 0 Å². The largest absolute Gasteiger partial charge is 0.456 e. The monoisotopic (exact) mass is 612 g/mol. The molecule has 3 N–H and O–H groups in total. The second-order valence-electron chi connectivity index (χ2n) is 13.2. The lowest BCUT2D eigenvalue weighted by atomic mass is 9.82. The minimum atomic E-state index is -1.67. The van der Waals surface area contributed by atoms with E-state index >= 15 is 0 Å². The summed E-state index contributed by atoms with van der Waals surface area (Å²) in [5, 5.41) is 9.71. The highest BCUT2D eigenvalue weighted by atomic mass is 16.6. The number of amides is 2. The number of ether oxygens (including phenoxy) is 1. The van der Waals surface area contributed by atoms with Gasteiger partial charge >= 0.3 is 5.97 Å². The maximum Gasteiger partial charge on any atom is 0.339 e. The molecule has 4 aromatic rings. The van der Waals surface area contributed by atoms with Crippen LogP contribution in [0.1, 0.15) is 48.9 Å². The molecule has 0 aromatic heterocycles. The number of esters is 1. The first-order valence-electron chi connectivity index (χ1n) is 15.5. The van der Waals surface area contributed by atoms with Crippen molar-refractivity contribution in [2.45, 2.75) is 57.7 Å². The van der Waals surface area contributed by atoms with Crippen LogP contribution in [0.2, 0.25) is 0 Å². The van der Waals surface area contributed by atoms with E-state index in [9.17, 15) is 14.4 Å². The van der Waals surface area contributed by atoms with E-state index in [1.165, 1.54) is 0 Å². The third-order valence-electron chi connectivity index (χ3n) is 8.80. The van der Waals surface area contributed by atoms with Crippen LogP contribution in [0.25, 0.3) is 0 Å². The predicted molar refractivity (Wildman–Crippen MR) is 180 cm³/mol. The minimum Gasteiger partial charge on any atom is -0.456 e. The maximum absolute atomic E-state index is 14.8. The van der Waals surface area contributed by atoms with Gasteiger partial charge in [0.1, 0.15) is 5.60 Å². The highest BCUT2D eigenvalue weighted by molar-refractivity contribution is 6.18. The summed E-state index contributed by atoms with van der Waals surface area (Å²) < 4.78 is 6.14. The summed E-state index contributed by atoms with van der Waals surface area (Å²) in [6, 6.07) is 29.8. The smallest absolute Gasteiger partial charge is 0.339 e. The Morgan fingerprint density at radius 3 is 2.13 bits per heavy atom. The van der Waals surface area contributed by atoms with Gasteiger partial charge in [0.2, 0.25) is 5.91 Å². The van der Waals surface area contributed by atoms with E-state index in [0.717, 1.165) is 16.7 Å². The molecule has 2 amide bonds. The van der Waals surface area contributed by atoms with E-state index < -0.39 is 35.0 Å². The third-order valence-corrected chi connectivity index (χ3v) is 8.80. The van der Waals surface area contributed by atoms with Crippen LogP contribution in [0.4, 0.5) is 22.7 Å². The third kappa shape index (κ3) is 4.55. The summed E-state index contributed by atoms with van der Waals surface area (Å²) in [7, 11) is 0. The number of nitrogens with zero attached hydrogens (tertiary/aromatic N) is 1. The van der Waals surface area contributed by atoms with Crippen LogP contribution in [-0.4, -0.2) is 29.4 Å². The molecule has 3 heterocycles. The Morgan fingerprint density at radius 1 is 0.826 bits per heavy atom. The Bertz CT molecular complexity index is 1930. The number of nitrogens with one attached hydrogen (secondary N) is 3. The fraction of sp³-hybridized carbons (Fsp3) is 0.237. The molecule has 0 aliphatic carbocycles. The fourth-order valence-corrected chi connectivity index (χ4v) is 7.07. The normalized spacial score (nSPS) is 21.6. The van der Waals surface area contributed by atoms with Gasteiger partial charge in [-0.2, -0.15) is 0 Å². The van der Waals surface area contributed by atoms with Crippen molar-refractivity contribution < 1.29 is 19.1 Å². The highest BCUT2D eigenvalue weighted by Gasteiger charge is 2.66. The van der Waals surface area contributed by atoms with Gasteiger partial charge in [-0.15, -0.1) is 0 Å². The summed E-state index contributed by atoms with van der Waals surface area (Å²) >= 11 is 0. The van der Waals surface area contributed by atoms with Crippen LogP contribution in [0.5, 0.6) is 0 Å². The molecule has 0 bridgehead atoms.